The SMILES string of the molecule is COc1c(-c2ccc(C)cc2)nn(C)c1C(=O)O. The van der Waals surface area contributed by atoms with E-state index in [0.717, 1.165) is 11.1 Å². The second-order valence-electron chi connectivity index (χ2n) is 4.03. The summed E-state index contributed by atoms with van der Waals surface area (Å²) >= 11 is 0. The zero-order chi connectivity index (χ0) is 13.3. The number of methoxy groups -OCH3 is 1. The Kier molecular flexibility index (Phi) is 3.06. The molecule has 0 aliphatic rings. The number of ether oxygens (including phenoxy) is 1. The van der Waals surface area contributed by atoms with Gasteiger partial charge in [-0.1, -0.05) is 29.8 Å². The summed E-state index contributed by atoms with van der Waals surface area (Å²) in [5.41, 5.74) is 2.55. The number of nitrogens with zero attached hydrogens (tertiary/aromatic N) is 2. The highest BCUT2D eigenvalue weighted by Crippen LogP contribution is 2.32. The summed E-state index contributed by atoms with van der Waals surface area (Å²) in [5.74, 6) is -0.769. The lowest BCUT2D eigenvalue weighted by atomic mass is 10.1. The van der Waals surface area contributed by atoms with Crippen molar-refractivity contribution in [2.45, 2.75) is 6.92 Å². The zero-order valence-electron chi connectivity index (χ0n) is 10.5. The average Bonchev–Trinajstić information content (AvgIpc) is 2.67. The summed E-state index contributed by atoms with van der Waals surface area (Å²) in [7, 11) is 3.03. The molecule has 0 fully saturated rings. The van der Waals surface area contributed by atoms with Crippen LogP contribution in [0.1, 0.15) is 16.1 Å². The number of benzene rings is 1. The van der Waals surface area contributed by atoms with E-state index in [4.69, 9.17) is 9.84 Å². The Morgan fingerprint density at radius 2 is 1.94 bits per heavy atom. The molecule has 0 saturated carbocycles. The molecule has 1 aromatic carbocycles. The number of hydrogen-bond donors (Lipinski definition) is 1. The smallest absolute Gasteiger partial charge is 0.358 e. The van der Waals surface area contributed by atoms with Gasteiger partial charge in [0.25, 0.3) is 0 Å². The third-order valence-electron chi connectivity index (χ3n) is 2.74. The Morgan fingerprint density at radius 1 is 1.33 bits per heavy atom. The summed E-state index contributed by atoms with van der Waals surface area (Å²) in [6.07, 6.45) is 0. The molecule has 1 aromatic heterocycles. The van der Waals surface area contributed by atoms with E-state index in [1.165, 1.54) is 11.8 Å². The van der Waals surface area contributed by atoms with Gasteiger partial charge in [0.2, 0.25) is 0 Å². The van der Waals surface area contributed by atoms with E-state index < -0.39 is 5.97 Å². The first-order valence-corrected chi connectivity index (χ1v) is 5.46. The second-order valence-corrected chi connectivity index (χ2v) is 4.03. The van der Waals surface area contributed by atoms with E-state index in [-0.39, 0.29) is 11.4 Å². The van der Waals surface area contributed by atoms with Crippen LogP contribution < -0.4 is 4.74 Å². The Morgan fingerprint density at radius 3 is 2.44 bits per heavy atom. The van der Waals surface area contributed by atoms with E-state index in [1.807, 2.05) is 31.2 Å². The van der Waals surface area contributed by atoms with Gasteiger partial charge >= 0.3 is 5.97 Å². The van der Waals surface area contributed by atoms with Gasteiger partial charge in [-0.15, -0.1) is 0 Å². The molecule has 0 unspecified atom stereocenters. The van der Waals surface area contributed by atoms with E-state index in [2.05, 4.69) is 5.10 Å². The van der Waals surface area contributed by atoms with Crippen LogP contribution in [-0.4, -0.2) is 28.0 Å². The first-order valence-electron chi connectivity index (χ1n) is 5.46. The largest absolute Gasteiger partial charge is 0.492 e. The normalized spacial score (nSPS) is 10.4. The van der Waals surface area contributed by atoms with Crippen molar-refractivity contribution in [2.75, 3.05) is 7.11 Å². The van der Waals surface area contributed by atoms with E-state index in [1.54, 1.807) is 7.05 Å². The van der Waals surface area contributed by atoms with Crippen LogP contribution in [0.15, 0.2) is 24.3 Å². The van der Waals surface area contributed by atoms with Crippen LogP contribution in [0, 0.1) is 6.92 Å². The second kappa shape index (κ2) is 4.52. The van der Waals surface area contributed by atoms with Crippen molar-refractivity contribution in [3.63, 3.8) is 0 Å². The molecule has 0 radical (unpaired) electrons. The molecule has 94 valence electrons. The number of carboxylic acids is 1. The summed E-state index contributed by atoms with van der Waals surface area (Å²) in [4.78, 5) is 11.2. The summed E-state index contributed by atoms with van der Waals surface area (Å²) in [6.45, 7) is 1.99. The van der Waals surface area contributed by atoms with Crippen LogP contribution in [0.4, 0.5) is 0 Å². The third-order valence-corrected chi connectivity index (χ3v) is 2.74. The Bertz CT molecular complexity index is 585. The Labute approximate surface area is 105 Å². The van der Waals surface area contributed by atoms with Crippen molar-refractivity contribution in [3.05, 3.63) is 35.5 Å². The first-order chi connectivity index (χ1) is 8.54. The van der Waals surface area contributed by atoms with Crippen LogP contribution in [0.5, 0.6) is 5.75 Å². The van der Waals surface area contributed by atoms with Crippen LogP contribution in [-0.2, 0) is 7.05 Å². The maximum Gasteiger partial charge on any atom is 0.358 e. The Hall–Kier alpha value is -2.30. The molecule has 0 saturated heterocycles. The lowest BCUT2D eigenvalue weighted by Gasteiger charge is -2.02. The molecule has 5 nitrogen and oxygen atoms in total. The monoisotopic (exact) mass is 246 g/mol. The van der Waals surface area contributed by atoms with Gasteiger partial charge in [-0.25, -0.2) is 4.79 Å². The highest BCUT2D eigenvalue weighted by molar-refractivity contribution is 5.92. The van der Waals surface area contributed by atoms with Gasteiger partial charge in [-0.05, 0) is 6.92 Å². The van der Waals surface area contributed by atoms with Gasteiger partial charge in [0, 0.05) is 12.6 Å². The average molecular weight is 246 g/mol. The summed E-state index contributed by atoms with van der Waals surface area (Å²) in [5, 5.41) is 13.4. The third kappa shape index (κ3) is 1.95. The van der Waals surface area contributed by atoms with Gasteiger partial charge in [-0.2, -0.15) is 5.10 Å². The molecule has 0 aliphatic heterocycles. The van der Waals surface area contributed by atoms with Crippen LogP contribution in [0.25, 0.3) is 11.3 Å². The molecular weight excluding hydrogens is 232 g/mol. The lowest BCUT2D eigenvalue weighted by Crippen LogP contribution is -2.06. The fourth-order valence-electron chi connectivity index (χ4n) is 1.83. The Balaban J connectivity index is 2.61. The maximum atomic E-state index is 11.2. The quantitative estimate of drug-likeness (QED) is 0.900. The fourth-order valence-corrected chi connectivity index (χ4v) is 1.83. The molecule has 0 bridgehead atoms. The number of rotatable bonds is 3. The number of aryl methyl sites for hydroxylation is 2. The topological polar surface area (TPSA) is 64.4 Å². The molecule has 0 spiro atoms. The van der Waals surface area contributed by atoms with Crippen LogP contribution in [0.3, 0.4) is 0 Å². The molecule has 1 N–H and O–H groups in total. The number of carbonyl (C=O) groups is 1. The van der Waals surface area contributed by atoms with Gasteiger partial charge < -0.3 is 9.84 Å². The van der Waals surface area contributed by atoms with E-state index >= 15 is 0 Å². The summed E-state index contributed by atoms with van der Waals surface area (Å²) < 4.78 is 6.49. The minimum atomic E-state index is -1.06. The van der Waals surface area contributed by atoms with Crippen molar-refractivity contribution < 1.29 is 14.6 Å². The molecule has 1 heterocycles. The molecule has 2 rings (SSSR count). The lowest BCUT2D eigenvalue weighted by molar-refractivity contribution is 0.0681. The first kappa shape index (κ1) is 12.2. The minimum Gasteiger partial charge on any atom is -0.492 e. The zero-order valence-corrected chi connectivity index (χ0v) is 10.5. The van der Waals surface area contributed by atoms with Crippen molar-refractivity contribution in [3.8, 4) is 17.0 Å². The van der Waals surface area contributed by atoms with Crippen molar-refractivity contribution in [1.29, 1.82) is 0 Å². The highest BCUT2D eigenvalue weighted by atomic mass is 16.5. The van der Waals surface area contributed by atoms with E-state index in [0.29, 0.717) is 5.69 Å². The molecule has 5 heteroatoms. The standard InChI is InChI=1S/C13H14N2O3/c1-8-4-6-9(7-5-8)10-12(18-3)11(13(16)17)15(2)14-10/h4-7H,1-3H3,(H,16,17). The van der Waals surface area contributed by atoms with Crippen molar-refractivity contribution in [2.24, 2.45) is 7.05 Å². The maximum absolute atomic E-state index is 11.2. The highest BCUT2D eigenvalue weighted by Gasteiger charge is 2.23. The van der Waals surface area contributed by atoms with Crippen LogP contribution >= 0.6 is 0 Å². The predicted octanol–water partition coefficient (Wildman–Crippen LogP) is 2.10. The summed E-state index contributed by atoms with van der Waals surface area (Å²) in [6, 6.07) is 7.69. The molecule has 0 aliphatic carbocycles. The molecular formula is C13H14N2O3. The van der Waals surface area contributed by atoms with Crippen molar-refractivity contribution >= 4 is 5.97 Å². The molecule has 18 heavy (non-hydrogen) atoms. The molecule has 2 aromatic rings. The van der Waals surface area contributed by atoms with Gasteiger partial charge in [0.15, 0.2) is 11.4 Å². The number of carboxylic acid groups (broad SMARTS) is 1. The predicted molar refractivity (Wildman–Crippen MR) is 66.9 cm³/mol. The minimum absolute atomic E-state index is 0.0491. The van der Waals surface area contributed by atoms with Gasteiger partial charge in [0.1, 0.15) is 5.69 Å². The van der Waals surface area contributed by atoms with E-state index in [9.17, 15) is 4.79 Å². The van der Waals surface area contributed by atoms with Gasteiger partial charge in [-0.3, -0.25) is 4.68 Å². The number of aromatic nitrogens is 2. The van der Waals surface area contributed by atoms with Crippen molar-refractivity contribution in [1.82, 2.24) is 9.78 Å². The molecule has 0 amide bonds. The fraction of sp³-hybridized carbons (Fsp3) is 0.231. The van der Waals surface area contributed by atoms with Crippen LogP contribution in [0.2, 0.25) is 0 Å². The van der Waals surface area contributed by atoms with Gasteiger partial charge in [0.05, 0.1) is 7.11 Å². The molecule has 0 atom stereocenters. The number of hydrogen-bond acceptors (Lipinski definition) is 3. The number of aromatic carboxylic acids is 1.